The van der Waals surface area contributed by atoms with Crippen molar-refractivity contribution in [3.63, 3.8) is 0 Å². The minimum Gasteiger partial charge on any atom is -0.375 e. The Morgan fingerprint density at radius 3 is 2.88 bits per heavy atom. The molecule has 16 heavy (non-hydrogen) atoms. The Hall–Kier alpha value is -0.650. The van der Waals surface area contributed by atoms with Crippen molar-refractivity contribution in [2.45, 2.75) is 37.9 Å². The number of nitrogens with two attached hydrogens (primary N) is 1. The number of nitrogen functional groups attached to an aromatic ring is 1. The second-order valence-corrected chi connectivity index (χ2v) is 5.86. The molecule has 0 spiro atoms. The van der Waals surface area contributed by atoms with Crippen molar-refractivity contribution in [1.82, 2.24) is 15.2 Å². The summed E-state index contributed by atoms with van der Waals surface area (Å²) in [7, 11) is 0. The molecule has 0 aromatic carbocycles. The van der Waals surface area contributed by atoms with Crippen LogP contribution in [0.1, 0.15) is 24.1 Å². The molecule has 5 heteroatoms. The zero-order valence-electron chi connectivity index (χ0n) is 9.35. The lowest BCUT2D eigenvalue weighted by atomic mass is 10.2. The molecule has 3 rings (SSSR count). The molecule has 0 radical (unpaired) electrons. The van der Waals surface area contributed by atoms with Gasteiger partial charge in [-0.2, -0.15) is 0 Å². The standard InChI is InChI=1S/C11H18N4S/c12-11-14-6-10(16-11)7-15(8-1-2-8)9-3-4-13-5-9/h6,8-9,13H,1-5,7H2,(H2,12,14). The lowest BCUT2D eigenvalue weighted by Crippen LogP contribution is -2.37. The summed E-state index contributed by atoms with van der Waals surface area (Å²) in [6, 6.07) is 1.53. The van der Waals surface area contributed by atoms with Crippen LogP contribution in [0, 0.1) is 0 Å². The maximum absolute atomic E-state index is 5.68. The number of anilines is 1. The summed E-state index contributed by atoms with van der Waals surface area (Å²) < 4.78 is 0. The summed E-state index contributed by atoms with van der Waals surface area (Å²) in [5.74, 6) is 0. The Morgan fingerprint density at radius 2 is 2.31 bits per heavy atom. The van der Waals surface area contributed by atoms with Crippen LogP contribution < -0.4 is 11.1 Å². The summed E-state index contributed by atoms with van der Waals surface area (Å²) in [6.45, 7) is 3.34. The number of nitrogens with one attached hydrogen (secondary N) is 1. The van der Waals surface area contributed by atoms with Gasteiger partial charge in [0.25, 0.3) is 0 Å². The fourth-order valence-electron chi connectivity index (χ4n) is 2.46. The van der Waals surface area contributed by atoms with Crippen molar-refractivity contribution in [2.24, 2.45) is 0 Å². The molecule has 2 heterocycles. The molecular formula is C11H18N4S. The quantitative estimate of drug-likeness (QED) is 0.823. The van der Waals surface area contributed by atoms with Crippen LogP contribution in [0.4, 0.5) is 5.13 Å². The summed E-state index contributed by atoms with van der Waals surface area (Å²) in [5.41, 5.74) is 5.68. The molecule has 1 aliphatic heterocycles. The maximum Gasteiger partial charge on any atom is 0.180 e. The van der Waals surface area contributed by atoms with E-state index < -0.39 is 0 Å². The summed E-state index contributed by atoms with van der Waals surface area (Å²) >= 11 is 1.62. The van der Waals surface area contributed by atoms with Crippen molar-refractivity contribution in [3.05, 3.63) is 11.1 Å². The number of thiazole rings is 1. The van der Waals surface area contributed by atoms with Crippen molar-refractivity contribution in [2.75, 3.05) is 18.8 Å². The van der Waals surface area contributed by atoms with E-state index in [1.165, 1.54) is 30.7 Å². The molecule has 4 nitrogen and oxygen atoms in total. The van der Waals surface area contributed by atoms with Gasteiger partial charge >= 0.3 is 0 Å². The average Bonchev–Trinajstić information content (AvgIpc) is 2.80. The van der Waals surface area contributed by atoms with E-state index in [1.807, 2.05) is 6.20 Å². The van der Waals surface area contributed by atoms with E-state index in [4.69, 9.17) is 5.73 Å². The SMILES string of the molecule is Nc1ncc(CN(C2CC2)C2CCNC2)s1. The van der Waals surface area contributed by atoms with E-state index in [0.717, 1.165) is 25.2 Å². The Morgan fingerprint density at radius 1 is 1.44 bits per heavy atom. The zero-order valence-corrected chi connectivity index (χ0v) is 10.2. The smallest absolute Gasteiger partial charge is 0.180 e. The van der Waals surface area contributed by atoms with Crippen LogP contribution in [0.2, 0.25) is 0 Å². The van der Waals surface area contributed by atoms with Crippen LogP contribution in [-0.4, -0.2) is 35.1 Å². The normalized spacial score (nSPS) is 25.4. The first-order valence-corrected chi connectivity index (χ1v) is 6.81. The first-order valence-electron chi connectivity index (χ1n) is 5.99. The third-order valence-electron chi connectivity index (χ3n) is 3.43. The molecule has 3 N–H and O–H groups in total. The predicted octanol–water partition coefficient (Wildman–Crippen LogP) is 1.05. The topological polar surface area (TPSA) is 54.2 Å². The third-order valence-corrected chi connectivity index (χ3v) is 4.24. The highest BCUT2D eigenvalue weighted by Crippen LogP contribution is 2.32. The minimum atomic E-state index is 0.690. The van der Waals surface area contributed by atoms with E-state index >= 15 is 0 Å². The molecule has 88 valence electrons. The molecule has 1 aliphatic carbocycles. The Balaban J connectivity index is 1.68. The summed E-state index contributed by atoms with van der Waals surface area (Å²) in [6.07, 6.45) is 5.94. The van der Waals surface area contributed by atoms with E-state index in [9.17, 15) is 0 Å². The molecule has 1 unspecified atom stereocenters. The highest BCUT2D eigenvalue weighted by Gasteiger charge is 2.35. The predicted molar refractivity (Wildman–Crippen MR) is 66.4 cm³/mol. The number of aromatic nitrogens is 1. The molecule has 1 atom stereocenters. The zero-order chi connectivity index (χ0) is 11.0. The van der Waals surface area contributed by atoms with E-state index in [2.05, 4.69) is 15.2 Å². The molecule has 1 aromatic rings. The second kappa shape index (κ2) is 4.31. The molecule has 2 aliphatic rings. The van der Waals surface area contributed by atoms with Gasteiger partial charge in [-0.05, 0) is 25.8 Å². The minimum absolute atomic E-state index is 0.690. The second-order valence-electron chi connectivity index (χ2n) is 4.71. The fourth-order valence-corrected chi connectivity index (χ4v) is 3.15. The molecule has 1 aromatic heterocycles. The van der Waals surface area contributed by atoms with Gasteiger partial charge in [0.1, 0.15) is 0 Å². The first kappa shape index (κ1) is 10.5. The van der Waals surface area contributed by atoms with Crippen molar-refractivity contribution < 1.29 is 0 Å². The third kappa shape index (κ3) is 2.21. The fraction of sp³-hybridized carbons (Fsp3) is 0.727. The summed E-state index contributed by atoms with van der Waals surface area (Å²) in [5, 5.41) is 4.14. The van der Waals surface area contributed by atoms with E-state index in [-0.39, 0.29) is 0 Å². The van der Waals surface area contributed by atoms with Crippen LogP contribution in [0.25, 0.3) is 0 Å². The van der Waals surface area contributed by atoms with Gasteiger partial charge in [0.2, 0.25) is 0 Å². The lowest BCUT2D eigenvalue weighted by molar-refractivity contribution is 0.190. The summed E-state index contributed by atoms with van der Waals surface area (Å²) in [4.78, 5) is 8.08. The van der Waals surface area contributed by atoms with Gasteiger partial charge in [-0.3, -0.25) is 4.90 Å². The van der Waals surface area contributed by atoms with Gasteiger partial charge in [-0.1, -0.05) is 0 Å². The van der Waals surface area contributed by atoms with Gasteiger partial charge in [0, 0.05) is 36.2 Å². The lowest BCUT2D eigenvalue weighted by Gasteiger charge is -2.27. The average molecular weight is 238 g/mol. The molecule has 1 saturated carbocycles. The van der Waals surface area contributed by atoms with Crippen molar-refractivity contribution in [1.29, 1.82) is 0 Å². The van der Waals surface area contributed by atoms with Gasteiger partial charge in [-0.25, -0.2) is 4.98 Å². The number of hydrogen-bond acceptors (Lipinski definition) is 5. The van der Waals surface area contributed by atoms with Gasteiger partial charge < -0.3 is 11.1 Å². The van der Waals surface area contributed by atoms with Crippen LogP contribution >= 0.6 is 11.3 Å². The molecule has 0 bridgehead atoms. The monoisotopic (exact) mass is 238 g/mol. The van der Waals surface area contributed by atoms with Crippen LogP contribution in [0.15, 0.2) is 6.20 Å². The van der Waals surface area contributed by atoms with Crippen molar-refractivity contribution >= 4 is 16.5 Å². The number of nitrogens with zero attached hydrogens (tertiary/aromatic N) is 2. The maximum atomic E-state index is 5.68. The van der Waals surface area contributed by atoms with Crippen LogP contribution in [-0.2, 0) is 6.54 Å². The Labute approximate surface area is 99.8 Å². The van der Waals surface area contributed by atoms with Crippen LogP contribution in [0.5, 0.6) is 0 Å². The highest BCUT2D eigenvalue weighted by molar-refractivity contribution is 7.15. The molecule has 2 fully saturated rings. The Bertz CT molecular complexity index is 355. The Kier molecular flexibility index (Phi) is 2.83. The van der Waals surface area contributed by atoms with Crippen LogP contribution in [0.3, 0.4) is 0 Å². The van der Waals surface area contributed by atoms with E-state index in [1.54, 1.807) is 11.3 Å². The van der Waals surface area contributed by atoms with Gasteiger partial charge in [-0.15, -0.1) is 11.3 Å². The molecule has 0 amide bonds. The van der Waals surface area contributed by atoms with Gasteiger partial charge in [0.05, 0.1) is 0 Å². The highest BCUT2D eigenvalue weighted by atomic mass is 32.1. The largest absolute Gasteiger partial charge is 0.375 e. The van der Waals surface area contributed by atoms with E-state index in [0.29, 0.717) is 5.13 Å². The number of rotatable bonds is 4. The first-order chi connectivity index (χ1) is 7.83. The van der Waals surface area contributed by atoms with Gasteiger partial charge in [0.15, 0.2) is 5.13 Å². The van der Waals surface area contributed by atoms with Crippen molar-refractivity contribution in [3.8, 4) is 0 Å². The molecular weight excluding hydrogens is 220 g/mol. The molecule has 1 saturated heterocycles. The number of hydrogen-bond donors (Lipinski definition) is 2.